The number of fused-ring (bicyclic) bond motifs is 1. The smallest absolute Gasteiger partial charge is 0.387 e. The summed E-state index contributed by atoms with van der Waals surface area (Å²) in [6.07, 6.45) is 2.16. The Bertz CT molecular complexity index is 1060. The molecule has 9 heteroatoms. The number of ether oxygens (including phenoxy) is 1. The lowest BCUT2D eigenvalue weighted by molar-refractivity contribution is -0.0498. The molecule has 2 aromatic carbocycles. The van der Waals surface area contributed by atoms with Gasteiger partial charge in [-0.05, 0) is 62.3 Å². The average molecular weight is 455 g/mol. The lowest BCUT2D eigenvalue weighted by Crippen LogP contribution is -2.37. The molecule has 0 aliphatic heterocycles. The van der Waals surface area contributed by atoms with Crippen molar-refractivity contribution in [2.75, 3.05) is 27.2 Å². The Hall–Kier alpha value is -2.36. The minimum absolute atomic E-state index is 0.0422. The molecule has 1 aliphatic carbocycles. The molecule has 5 nitrogen and oxygen atoms in total. The highest BCUT2D eigenvalue weighted by molar-refractivity contribution is 7.93. The van der Waals surface area contributed by atoms with Crippen LogP contribution in [0.3, 0.4) is 0 Å². The summed E-state index contributed by atoms with van der Waals surface area (Å²) >= 11 is 0. The van der Waals surface area contributed by atoms with Gasteiger partial charge in [0.1, 0.15) is 11.6 Å². The van der Waals surface area contributed by atoms with E-state index in [9.17, 15) is 21.6 Å². The van der Waals surface area contributed by atoms with Crippen molar-refractivity contribution in [2.45, 2.75) is 26.0 Å². The summed E-state index contributed by atoms with van der Waals surface area (Å²) in [7, 11) is -0.184. The number of aryl methyl sites for hydroxylation is 1. The minimum Gasteiger partial charge on any atom is -0.435 e. The van der Waals surface area contributed by atoms with E-state index in [1.807, 2.05) is 19.0 Å². The molecule has 0 bridgehead atoms. The third-order valence-electron chi connectivity index (χ3n) is 5.07. The molecule has 0 aromatic heterocycles. The quantitative estimate of drug-likeness (QED) is 0.572. The number of hydrogen-bond acceptors (Lipinski definition) is 4. The van der Waals surface area contributed by atoms with Gasteiger partial charge in [0.25, 0.3) is 0 Å². The number of nitrogens with zero attached hydrogens (tertiary/aromatic N) is 2. The normalized spacial score (nSPS) is 14.1. The van der Waals surface area contributed by atoms with Gasteiger partial charge in [0.15, 0.2) is 0 Å². The van der Waals surface area contributed by atoms with E-state index in [0.29, 0.717) is 24.1 Å². The molecule has 0 heterocycles. The highest BCUT2D eigenvalue weighted by Crippen LogP contribution is 2.32. The largest absolute Gasteiger partial charge is 0.435 e. The van der Waals surface area contributed by atoms with Crippen molar-refractivity contribution >= 4 is 16.1 Å². The van der Waals surface area contributed by atoms with Crippen LogP contribution in [0, 0.1) is 5.82 Å². The molecule has 0 unspecified atom stereocenters. The van der Waals surface area contributed by atoms with E-state index < -0.39 is 22.5 Å². The van der Waals surface area contributed by atoms with Gasteiger partial charge in [-0.2, -0.15) is 13.1 Å². The standard InChI is InChI=1S/C22H25F3N2O3S/c1-26(2)11-12-27(15-18-5-3-4-6-21(18)23)31(28,29)20-10-8-16-13-19(30-22(24)25)9-7-17(16)14-20/h3-7,9,13-14,22H,8,10-12,15H2,1-2H3. The van der Waals surface area contributed by atoms with Crippen LogP contribution >= 0.6 is 0 Å². The van der Waals surface area contributed by atoms with Crippen molar-refractivity contribution in [1.29, 1.82) is 0 Å². The van der Waals surface area contributed by atoms with E-state index in [0.717, 1.165) is 5.56 Å². The topological polar surface area (TPSA) is 49.9 Å². The molecule has 0 N–H and O–H groups in total. The second-order valence-electron chi connectivity index (χ2n) is 7.58. The minimum atomic E-state index is -3.86. The van der Waals surface area contributed by atoms with Crippen molar-refractivity contribution in [3.05, 3.63) is 69.9 Å². The average Bonchev–Trinajstić information content (AvgIpc) is 2.71. The number of alkyl halides is 2. The van der Waals surface area contributed by atoms with Crippen molar-refractivity contribution < 1.29 is 26.3 Å². The third-order valence-corrected chi connectivity index (χ3v) is 7.05. The molecule has 0 radical (unpaired) electrons. The van der Waals surface area contributed by atoms with Crippen LogP contribution in [0.5, 0.6) is 5.75 Å². The van der Waals surface area contributed by atoms with Crippen LogP contribution in [-0.2, 0) is 23.0 Å². The maximum Gasteiger partial charge on any atom is 0.387 e. The maximum atomic E-state index is 14.2. The van der Waals surface area contributed by atoms with E-state index in [4.69, 9.17) is 0 Å². The Labute approximate surface area is 180 Å². The van der Waals surface area contributed by atoms with E-state index >= 15 is 0 Å². The van der Waals surface area contributed by atoms with E-state index in [-0.39, 0.29) is 30.2 Å². The van der Waals surface area contributed by atoms with Crippen LogP contribution in [0.1, 0.15) is 23.1 Å². The molecule has 0 fully saturated rings. The first-order chi connectivity index (χ1) is 14.7. The Morgan fingerprint density at radius 1 is 1.06 bits per heavy atom. The van der Waals surface area contributed by atoms with E-state index in [1.165, 1.54) is 22.5 Å². The first-order valence-electron chi connectivity index (χ1n) is 9.83. The molecule has 2 aromatic rings. The Morgan fingerprint density at radius 3 is 2.48 bits per heavy atom. The fourth-order valence-electron chi connectivity index (χ4n) is 3.40. The molecule has 0 spiro atoms. The van der Waals surface area contributed by atoms with Gasteiger partial charge < -0.3 is 9.64 Å². The van der Waals surface area contributed by atoms with E-state index in [1.54, 1.807) is 30.3 Å². The first-order valence-corrected chi connectivity index (χ1v) is 11.3. The van der Waals surface area contributed by atoms with Crippen LogP contribution in [0.2, 0.25) is 0 Å². The Balaban J connectivity index is 1.90. The number of benzene rings is 2. The highest BCUT2D eigenvalue weighted by Gasteiger charge is 2.29. The third kappa shape index (κ3) is 5.87. The van der Waals surface area contributed by atoms with Gasteiger partial charge in [-0.15, -0.1) is 0 Å². The molecule has 1 aliphatic rings. The van der Waals surface area contributed by atoms with Crippen LogP contribution in [0.4, 0.5) is 13.2 Å². The lowest BCUT2D eigenvalue weighted by Gasteiger charge is -2.27. The van der Waals surface area contributed by atoms with Gasteiger partial charge >= 0.3 is 6.61 Å². The monoisotopic (exact) mass is 454 g/mol. The fraction of sp³-hybridized carbons (Fsp3) is 0.364. The van der Waals surface area contributed by atoms with Gasteiger partial charge in [-0.25, -0.2) is 12.8 Å². The molecular formula is C22H25F3N2O3S. The van der Waals surface area contributed by atoms with Crippen molar-refractivity contribution in [2.24, 2.45) is 0 Å². The second kappa shape index (κ2) is 9.84. The molecule has 168 valence electrons. The fourth-order valence-corrected chi connectivity index (χ4v) is 5.00. The zero-order chi connectivity index (χ0) is 22.6. The Kier molecular flexibility index (Phi) is 7.40. The number of hydrogen-bond donors (Lipinski definition) is 0. The summed E-state index contributed by atoms with van der Waals surface area (Å²) in [6.45, 7) is -2.31. The second-order valence-corrected chi connectivity index (χ2v) is 9.57. The summed E-state index contributed by atoms with van der Waals surface area (Å²) in [5.74, 6) is -0.414. The first kappa shape index (κ1) is 23.3. The van der Waals surface area contributed by atoms with Gasteiger partial charge in [0, 0.05) is 25.2 Å². The van der Waals surface area contributed by atoms with Gasteiger partial charge in [0.05, 0.1) is 4.91 Å². The molecule has 0 amide bonds. The predicted molar refractivity (Wildman–Crippen MR) is 114 cm³/mol. The number of allylic oxidation sites excluding steroid dienone is 1. The van der Waals surface area contributed by atoms with Gasteiger partial charge in [-0.3, -0.25) is 0 Å². The maximum absolute atomic E-state index is 14.2. The summed E-state index contributed by atoms with van der Waals surface area (Å²) in [5.41, 5.74) is 1.69. The zero-order valence-corrected chi connectivity index (χ0v) is 18.2. The van der Waals surface area contributed by atoms with Crippen molar-refractivity contribution in [3.8, 4) is 5.75 Å². The van der Waals surface area contributed by atoms with Crippen LogP contribution in [-0.4, -0.2) is 51.4 Å². The van der Waals surface area contributed by atoms with E-state index in [2.05, 4.69) is 4.74 Å². The lowest BCUT2D eigenvalue weighted by atomic mass is 9.97. The Morgan fingerprint density at radius 2 is 1.81 bits per heavy atom. The molecule has 0 saturated heterocycles. The van der Waals surface area contributed by atoms with Crippen molar-refractivity contribution in [1.82, 2.24) is 9.21 Å². The summed E-state index contributed by atoms with van der Waals surface area (Å²) < 4.78 is 71.7. The number of halogens is 3. The molecule has 31 heavy (non-hydrogen) atoms. The number of likely N-dealkylation sites (N-methyl/N-ethyl adjacent to an activating group) is 1. The summed E-state index contributed by atoms with van der Waals surface area (Å²) in [5, 5.41) is 0. The molecule has 0 saturated carbocycles. The molecule has 0 atom stereocenters. The SMILES string of the molecule is CN(C)CCN(Cc1ccccc1F)S(=O)(=O)C1=Cc2ccc(OC(F)F)cc2CC1. The highest BCUT2D eigenvalue weighted by atomic mass is 32.2. The molecular weight excluding hydrogens is 429 g/mol. The van der Waals surface area contributed by atoms with Gasteiger partial charge in [0.2, 0.25) is 10.0 Å². The van der Waals surface area contributed by atoms with Crippen molar-refractivity contribution in [3.63, 3.8) is 0 Å². The number of rotatable bonds is 9. The summed E-state index contributed by atoms with van der Waals surface area (Å²) in [6, 6.07) is 10.6. The number of sulfonamides is 1. The van der Waals surface area contributed by atoms with Gasteiger partial charge in [-0.1, -0.05) is 24.3 Å². The van der Waals surface area contributed by atoms with Crippen LogP contribution in [0.15, 0.2) is 47.4 Å². The molecule has 3 rings (SSSR count). The predicted octanol–water partition coefficient (Wildman–Crippen LogP) is 4.11. The summed E-state index contributed by atoms with van der Waals surface area (Å²) in [4.78, 5) is 2.08. The zero-order valence-electron chi connectivity index (χ0n) is 17.4. The van der Waals surface area contributed by atoms with Crippen LogP contribution < -0.4 is 4.74 Å². The van der Waals surface area contributed by atoms with Crippen LogP contribution in [0.25, 0.3) is 6.08 Å².